The van der Waals surface area contributed by atoms with Gasteiger partial charge in [-0.1, -0.05) is 50.9 Å². The van der Waals surface area contributed by atoms with Gasteiger partial charge in [0, 0.05) is 16.3 Å². The van der Waals surface area contributed by atoms with E-state index in [9.17, 15) is 4.79 Å². The number of hydrogen-bond donors (Lipinski definition) is 1. The maximum atomic E-state index is 11.7. The second-order valence-corrected chi connectivity index (χ2v) is 6.12. The Morgan fingerprint density at radius 3 is 2.61 bits per heavy atom. The first-order chi connectivity index (χ1) is 8.61. The number of carbonyl (C=O) groups is 1. The highest BCUT2D eigenvalue weighted by molar-refractivity contribution is 9.10. The Morgan fingerprint density at radius 2 is 2.00 bits per heavy atom. The highest BCUT2D eigenvalue weighted by atomic mass is 79.9. The van der Waals surface area contributed by atoms with Crippen LogP contribution in [0, 0.1) is 5.92 Å². The first-order valence-corrected chi connectivity index (χ1v) is 8.10. The Labute approximate surface area is 126 Å². The number of nitrogens with one attached hydrogen (secondary N) is 1. The maximum Gasteiger partial charge on any atom is 0.224 e. The maximum absolute atomic E-state index is 11.7. The van der Waals surface area contributed by atoms with Gasteiger partial charge in [0.25, 0.3) is 0 Å². The summed E-state index contributed by atoms with van der Waals surface area (Å²) in [6.45, 7) is 2.98. The predicted molar refractivity (Wildman–Crippen MR) is 83.0 cm³/mol. The monoisotopic (exact) mass is 375 g/mol. The Balaban J connectivity index is 2.19. The summed E-state index contributed by atoms with van der Waals surface area (Å²) >= 11 is 6.83. The first kappa shape index (κ1) is 15.7. The number of rotatable bonds is 7. The lowest BCUT2D eigenvalue weighted by molar-refractivity contribution is -0.120. The van der Waals surface area contributed by atoms with Gasteiger partial charge in [-0.2, -0.15) is 0 Å². The minimum atomic E-state index is 0.101. The van der Waals surface area contributed by atoms with Gasteiger partial charge in [-0.3, -0.25) is 4.79 Å². The van der Waals surface area contributed by atoms with Crippen molar-refractivity contribution in [1.82, 2.24) is 5.32 Å². The fraction of sp³-hybridized carbons (Fsp3) is 0.500. The van der Waals surface area contributed by atoms with Crippen LogP contribution in [0.3, 0.4) is 0 Å². The van der Waals surface area contributed by atoms with E-state index >= 15 is 0 Å². The smallest absolute Gasteiger partial charge is 0.224 e. The van der Waals surface area contributed by atoms with Crippen molar-refractivity contribution in [2.24, 2.45) is 5.92 Å². The second kappa shape index (κ2) is 8.70. The van der Waals surface area contributed by atoms with Gasteiger partial charge < -0.3 is 5.32 Å². The molecule has 2 nitrogen and oxygen atoms in total. The van der Waals surface area contributed by atoms with Crippen LogP contribution in [0.25, 0.3) is 0 Å². The van der Waals surface area contributed by atoms with Crippen LogP contribution in [0.15, 0.2) is 28.7 Å². The van der Waals surface area contributed by atoms with E-state index < -0.39 is 0 Å². The fourth-order valence-corrected chi connectivity index (χ4v) is 2.19. The quantitative estimate of drug-likeness (QED) is 0.567. The fourth-order valence-electron chi connectivity index (χ4n) is 1.61. The van der Waals surface area contributed by atoms with Crippen molar-refractivity contribution in [2.75, 3.05) is 11.9 Å². The van der Waals surface area contributed by atoms with Gasteiger partial charge in [-0.05, 0) is 36.5 Å². The zero-order valence-electron chi connectivity index (χ0n) is 10.6. The molecule has 100 valence electrons. The molecule has 18 heavy (non-hydrogen) atoms. The molecule has 0 fully saturated rings. The third kappa shape index (κ3) is 6.55. The molecular weight excluding hydrogens is 358 g/mol. The molecule has 0 saturated heterocycles. The van der Waals surface area contributed by atoms with E-state index in [1.165, 1.54) is 0 Å². The molecule has 1 unspecified atom stereocenters. The van der Waals surface area contributed by atoms with Crippen LogP contribution < -0.4 is 5.32 Å². The molecule has 0 aliphatic rings. The minimum absolute atomic E-state index is 0.101. The Hall–Kier alpha value is -0.350. The molecule has 0 heterocycles. The highest BCUT2D eigenvalue weighted by Gasteiger charge is 2.04. The van der Waals surface area contributed by atoms with E-state index in [0.717, 1.165) is 34.8 Å². The molecule has 0 radical (unpaired) electrons. The summed E-state index contributed by atoms with van der Waals surface area (Å²) in [6.07, 6.45) is 2.64. The molecule has 0 aliphatic carbocycles. The van der Waals surface area contributed by atoms with E-state index in [1.807, 2.05) is 24.3 Å². The zero-order valence-corrected chi connectivity index (χ0v) is 13.8. The molecule has 0 bridgehead atoms. The molecule has 1 amide bonds. The number of hydrogen-bond acceptors (Lipinski definition) is 1. The van der Waals surface area contributed by atoms with E-state index in [-0.39, 0.29) is 5.91 Å². The Kier molecular flexibility index (Phi) is 7.59. The summed E-state index contributed by atoms with van der Waals surface area (Å²) in [4.78, 5) is 11.7. The second-order valence-electron chi connectivity index (χ2n) is 4.55. The minimum Gasteiger partial charge on any atom is -0.356 e. The Bertz CT molecular complexity index is 365. The molecule has 1 aromatic rings. The van der Waals surface area contributed by atoms with Gasteiger partial charge in [-0.15, -0.1) is 0 Å². The number of benzene rings is 1. The van der Waals surface area contributed by atoms with Crippen LogP contribution in [0.1, 0.15) is 25.3 Å². The van der Waals surface area contributed by atoms with Crippen LogP contribution in [-0.4, -0.2) is 17.8 Å². The molecule has 1 N–H and O–H groups in total. The molecule has 1 aromatic carbocycles. The van der Waals surface area contributed by atoms with Gasteiger partial charge in [0.05, 0.1) is 6.42 Å². The summed E-state index contributed by atoms with van der Waals surface area (Å²) < 4.78 is 1.04. The lowest BCUT2D eigenvalue weighted by Gasteiger charge is -2.08. The SMILES string of the molecule is CC(CBr)CCCNC(=O)Cc1ccc(Br)cc1. The van der Waals surface area contributed by atoms with Crippen LogP contribution in [0.5, 0.6) is 0 Å². The van der Waals surface area contributed by atoms with E-state index in [4.69, 9.17) is 0 Å². The predicted octanol–water partition coefficient (Wildman–Crippen LogP) is 3.92. The Morgan fingerprint density at radius 1 is 1.33 bits per heavy atom. The van der Waals surface area contributed by atoms with Crippen molar-refractivity contribution in [3.8, 4) is 0 Å². The summed E-state index contributed by atoms with van der Waals surface area (Å²) in [6, 6.07) is 7.85. The molecule has 1 atom stereocenters. The van der Waals surface area contributed by atoms with Crippen molar-refractivity contribution in [1.29, 1.82) is 0 Å². The van der Waals surface area contributed by atoms with E-state index in [0.29, 0.717) is 12.3 Å². The van der Waals surface area contributed by atoms with E-state index in [2.05, 4.69) is 44.1 Å². The van der Waals surface area contributed by atoms with Crippen molar-refractivity contribution in [3.63, 3.8) is 0 Å². The molecule has 0 spiro atoms. The molecule has 0 saturated carbocycles. The van der Waals surface area contributed by atoms with Crippen LogP contribution >= 0.6 is 31.9 Å². The van der Waals surface area contributed by atoms with Gasteiger partial charge >= 0.3 is 0 Å². The van der Waals surface area contributed by atoms with Gasteiger partial charge in [0.15, 0.2) is 0 Å². The van der Waals surface area contributed by atoms with Crippen LogP contribution in [0.4, 0.5) is 0 Å². The van der Waals surface area contributed by atoms with Crippen molar-refractivity contribution < 1.29 is 4.79 Å². The zero-order chi connectivity index (χ0) is 13.4. The van der Waals surface area contributed by atoms with Crippen molar-refractivity contribution >= 4 is 37.8 Å². The number of halogens is 2. The van der Waals surface area contributed by atoms with Gasteiger partial charge in [0.1, 0.15) is 0 Å². The summed E-state index contributed by atoms with van der Waals surface area (Å²) in [5, 5.41) is 3.99. The lowest BCUT2D eigenvalue weighted by Crippen LogP contribution is -2.26. The molecule has 4 heteroatoms. The van der Waals surface area contributed by atoms with Gasteiger partial charge in [0.2, 0.25) is 5.91 Å². The first-order valence-electron chi connectivity index (χ1n) is 6.19. The molecule has 1 rings (SSSR count). The summed E-state index contributed by atoms with van der Waals surface area (Å²) in [5.74, 6) is 0.775. The van der Waals surface area contributed by atoms with E-state index in [1.54, 1.807) is 0 Å². The van der Waals surface area contributed by atoms with Crippen LogP contribution in [0.2, 0.25) is 0 Å². The third-order valence-corrected chi connectivity index (χ3v) is 4.37. The average Bonchev–Trinajstić information content (AvgIpc) is 2.37. The largest absolute Gasteiger partial charge is 0.356 e. The van der Waals surface area contributed by atoms with Gasteiger partial charge in [-0.25, -0.2) is 0 Å². The van der Waals surface area contributed by atoms with Crippen molar-refractivity contribution in [3.05, 3.63) is 34.3 Å². The highest BCUT2D eigenvalue weighted by Crippen LogP contribution is 2.11. The number of carbonyl (C=O) groups excluding carboxylic acids is 1. The molecular formula is C14H19Br2NO. The lowest BCUT2D eigenvalue weighted by atomic mass is 10.1. The number of amides is 1. The molecule has 0 aliphatic heterocycles. The number of alkyl halides is 1. The van der Waals surface area contributed by atoms with Crippen molar-refractivity contribution in [2.45, 2.75) is 26.2 Å². The summed E-state index contributed by atoms with van der Waals surface area (Å²) in [5.41, 5.74) is 1.05. The summed E-state index contributed by atoms with van der Waals surface area (Å²) in [7, 11) is 0. The van der Waals surface area contributed by atoms with Crippen LogP contribution in [-0.2, 0) is 11.2 Å². The molecule has 0 aromatic heterocycles. The average molecular weight is 377 g/mol. The topological polar surface area (TPSA) is 29.1 Å². The third-order valence-electron chi connectivity index (χ3n) is 2.74. The standard InChI is InChI=1S/C14H19Br2NO/c1-11(10-15)3-2-8-17-14(18)9-12-4-6-13(16)7-5-12/h4-7,11H,2-3,8-10H2,1H3,(H,17,18). The normalized spacial score (nSPS) is 12.2.